The van der Waals surface area contributed by atoms with Crippen LogP contribution in [0.3, 0.4) is 0 Å². The summed E-state index contributed by atoms with van der Waals surface area (Å²) in [7, 11) is 2.85. The first-order valence-electron chi connectivity index (χ1n) is 4.39. The summed E-state index contributed by atoms with van der Waals surface area (Å²) in [5.41, 5.74) is 1.58. The lowest BCUT2D eigenvalue weighted by molar-refractivity contribution is -0.385. The van der Waals surface area contributed by atoms with Crippen molar-refractivity contribution in [3.05, 3.63) is 27.3 Å². The second kappa shape index (κ2) is 4.16. The first-order valence-corrected chi connectivity index (χ1v) is 4.39. The third-order valence-corrected chi connectivity index (χ3v) is 2.33. The number of hydrogen-bond donors (Lipinski definition) is 0. The highest BCUT2D eigenvalue weighted by Crippen LogP contribution is 2.40. The lowest BCUT2D eigenvalue weighted by Gasteiger charge is -2.12. The van der Waals surface area contributed by atoms with Crippen molar-refractivity contribution in [3.8, 4) is 11.5 Å². The molecule has 0 unspecified atom stereocenters. The number of nitrogens with zero attached hydrogens (tertiary/aromatic N) is 1. The summed E-state index contributed by atoms with van der Waals surface area (Å²) in [6.07, 6.45) is 0. The van der Waals surface area contributed by atoms with E-state index in [4.69, 9.17) is 9.47 Å². The van der Waals surface area contributed by atoms with Crippen LogP contribution in [0.15, 0.2) is 6.07 Å². The lowest BCUT2D eigenvalue weighted by Crippen LogP contribution is -2.00. The molecule has 0 radical (unpaired) electrons. The smallest absolute Gasteiger partial charge is 0.315 e. The van der Waals surface area contributed by atoms with Crippen molar-refractivity contribution in [2.75, 3.05) is 14.2 Å². The molecule has 0 spiro atoms. The van der Waals surface area contributed by atoms with Gasteiger partial charge >= 0.3 is 5.69 Å². The van der Waals surface area contributed by atoms with E-state index < -0.39 is 4.92 Å². The van der Waals surface area contributed by atoms with Crippen LogP contribution in [0.25, 0.3) is 0 Å². The molecule has 5 nitrogen and oxygen atoms in total. The van der Waals surface area contributed by atoms with Gasteiger partial charge in [-0.1, -0.05) is 0 Å². The second-order valence-electron chi connectivity index (χ2n) is 3.16. The summed E-state index contributed by atoms with van der Waals surface area (Å²) >= 11 is 0. The normalized spacial score (nSPS) is 9.87. The number of benzene rings is 1. The van der Waals surface area contributed by atoms with Crippen molar-refractivity contribution in [2.45, 2.75) is 13.8 Å². The average molecular weight is 211 g/mol. The molecule has 0 saturated heterocycles. The van der Waals surface area contributed by atoms with Gasteiger partial charge in [-0.25, -0.2) is 0 Å². The molecule has 0 aliphatic heterocycles. The third-order valence-electron chi connectivity index (χ3n) is 2.33. The quantitative estimate of drug-likeness (QED) is 0.568. The van der Waals surface area contributed by atoms with Gasteiger partial charge in [0.05, 0.1) is 19.1 Å². The first kappa shape index (κ1) is 11.3. The molecule has 1 aromatic rings. The molecular formula is C10H13NO4. The van der Waals surface area contributed by atoms with Crippen LogP contribution in [0.1, 0.15) is 11.1 Å². The minimum Gasteiger partial charge on any atom is -0.492 e. The van der Waals surface area contributed by atoms with E-state index in [1.165, 1.54) is 20.3 Å². The molecule has 1 aromatic carbocycles. The molecule has 0 aliphatic rings. The van der Waals surface area contributed by atoms with Crippen LogP contribution in [0.2, 0.25) is 0 Å². The maximum atomic E-state index is 10.8. The Morgan fingerprint density at radius 2 is 1.73 bits per heavy atom. The largest absolute Gasteiger partial charge is 0.492 e. The summed E-state index contributed by atoms with van der Waals surface area (Å²) in [5, 5.41) is 10.8. The zero-order valence-corrected chi connectivity index (χ0v) is 9.16. The van der Waals surface area contributed by atoms with Crippen molar-refractivity contribution < 1.29 is 14.4 Å². The molecule has 0 bridgehead atoms. The summed E-state index contributed by atoms with van der Waals surface area (Å²) in [4.78, 5) is 10.3. The topological polar surface area (TPSA) is 61.6 Å². The second-order valence-corrected chi connectivity index (χ2v) is 3.16. The summed E-state index contributed by atoms with van der Waals surface area (Å²) < 4.78 is 10.1. The number of nitro groups is 1. The van der Waals surface area contributed by atoms with E-state index >= 15 is 0 Å². The summed E-state index contributed by atoms with van der Waals surface area (Å²) in [6.45, 7) is 3.63. The van der Waals surface area contributed by atoms with Crippen LogP contribution >= 0.6 is 0 Å². The number of hydrogen-bond acceptors (Lipinski definition) is 4. The third kappa shape index (κ3) is 1.86. The van der Waals surface area contributed by atoms with Gasteiger partial charge in [0.25, 0.3) is 0 Å². The lowest BCUT2D eigenvalue weighted by atomic mass is 10.1. The van der Waals surface area contributed by atoms with Gasteiger partial charge in [-0.05, 0) is 25.0 Å². The van der Waals surface area contributed by atoms with Gasteiger partial charge in [0.2, 0.25) is 5.75 Å². The standard InChI is InChI=1S/C10H13NO4/c1-6-5-8(11(12)13)10(15-4)9(14-3)7(6)2/h5H,1-4H3. The van der Waals surface area contributed by atoms with E-state index in [2.05, 4.69) is 0 Å². The molecule has 0 amide bonds. The predicted octanol–water partition coefficient (Wildman–Crippen LogP) is 2.23. The van der Waals surface area contributed by atoms with Crippen LogP contribution in [0.5, 0.6) is 11.5 Å². The highest BCUT2D eigenvalue weighted by molar-refractivity contribution is 5.61. The monoisotopic (exact) mass is 211 g/mol. The fourth-order valence-electron chi connectivity index (χ4n) is 1.42. The molecule has 0 N–H and O–H groups in total. The van der Waals surface area contributed by atoms with Crippen LogP contribution in [0, 0.1) is 24.0 Å². The number of methoxy groups -OCH3 is 2. The van der Waals surface area contributed by atoms with Crippen LogP contribution in [-0.4, -0.2) is 19.1 Å². The van der Waals surface area contributed by atoms with E-state index in [-0.39, 0.29) is 11.4 Å². The van der Waals surface area contributed by atoms with Crippen molar-refractivity contribution >= 4 is 5.69 Å². The molecule has 5 heteroatoms. The molecule has 1 rings (SSSR count). The molecular weight excluding hydrogens is 198 g/mol. The fraction of sp³-hybridized carbons (Fsp3) is 0.400. The molecule has 0 aliphatic carbocycles. The number of ether oxygens (including phenoxy) is 2. The van der Waals surface area contributed by atoms with Crippen LogP contribution < -0.4 is 9.47 Å². The zero-order valence-electron chi connectivity index (χ0n) is 9.16. The maximum absolute atomic E-state index is 10.8. The Bertz CT molecular complexity index is 401. The Hall–Kier alpha value is -1.78. The van der Waals surface area contributed by atoms with E-state index in [0.29, 0.717) is 5.75 Å². The van der Waals surface area contributed by atoms with Gasteiger partial charge in [-0.15, -0.1) is 0 Å². The van der Waals surface area contributed by atoms with Gasteiger partial charge in [-0.3, -0.25) is 10.1 Å². The SMILES string of the molecule is COc1c([N+](=O)[O-])cc(C)c(C)c1OC. The Morgan fingerprint density at radius 1 is 1.20 bits per heavy atom. The Balaban J connectivity index is 3.54. The van der Waals surface area contributed by atoms with Gasteiger partial charge in [-0.2, -0.15) is 0 Å². The summed E-state index contributed by atoms with van der Waals surface area (Å²) in [5.74, 6) is 0.592. The van der Waals surface area contributed by atoms with Crippen molar-refractivity contribution in [1.82, 2.24) is 0 Å². The van der Waals surface area contributed by atoms with Crippen molar-refractivity contribution in [3.63, 3.8) is 0 Å². The Kier molecular flexibility index (Phi) is 3.14. The molecule has 0 fully saturated rings. The molecule has 0 saturated carbocycles. The molecule has 82 valence electrons. The first-order chi connectivity index (χ1) is 7.02. The molecule has 15 heavy (non-hydrogen) atoms. The molecule has 0 heterocycles. The average Bonchev–Trinajstić information content (AvgIpc) is 2.20. The van der Waals surface area contributed by atoms with Gasteiger partial charge in [0, 0.05) is 6.07 Å². The van der Waals surface area contributed by atoms with E-state index in [9.17, 15) is 10.1 Å². The molecule has 0 aromatic heterocycles. The van der Waals surface area contributed by atoms with E-state index in [0.717, 1.165) is 11.1 Å². The van der Waals surface area contributed by atoms with Crippen molar-refractivity contribution in [2.24, 2.45) is 0 Å². The minimum atomic E-state index is -0.478. The van der Waals surface area contributed by atoms with E-state index in [1.807, 2.05) is 6.92 Å². The fourth-order valence-corrected chi connectivity index (χ4v) is 1.42. The highest BCUT2D eigenvalue weighted by atomic mass is 16.6. The Labute approximate surface area is 87.8 Å². The Morgan fingerprint density at radius 3 is 2.13 bits per heavy atom. The zero-order chi connectivity index (χ0) is 11.6. The van der Waals surface area contributed by atoms with Crippen molar-refractivity contribution in [1.29, 1.82) is 0 Å². The number of aryl methyl sites for hydroxylation is 1. The van der Waals surface area contributed by atoms with Gasteiger partial charge in [0.15, 0.2) is 5.75 Å². The maximum Gasteiger partial charge on any atom is 0.315 e. The number of nitro benzene ring substituents is 1. The summed E-state index contributed by atoms with van der Waals surface area (Å²) in [6, 6.07) is 1.48. The minimum absolute atomic E-state index is 0.0718. The highest BCUT2D eigenvalue weighted by Gasteiger charge is 2.22. The van der Waals surface area contributed by atoms with Gasteiger partial charge < -0.3 is 9.47 Å². The predicted molar refractivity (Wildman–Crippen MR) is 55.7 cm³/mol. The molecule has 0 atom stereocenters. The van der Waals surface area contributed by atoms with Crippen LogP contribution in [-0.2, 0) is 0 Å². The van der Waals surface area contributed by atoms with E-state index in [1.54, 1.807) is 6.92 Å². The van der Waals surface area contributed by atoms with Crippen LogP contribution in [0.4, 0.5) is 5.69 Å². The van der Waals surface area contributed by atoms with Gasteiger partial charge in [0.1, 0.15) is 0 Å². The number of rotatable bonds is 3.